The quantitative estimate of drug-likeness (QED) is 0.0329. The maximum atomic E-state index is 13.1. The molecule has 28 heteroatoms. The van der Waals surface area contributed by atoms with Crippen molar-refractivity contribution in [2.75, 3.05) is 112 Å². The van der Waals surface area contributed by atoms with Crippen LogP contribution < -0.4 is 54.2 Å². The van der Waals surface area contributed by atoms with E-state index in [-0.39, 0.29) is 139 Å². The van der Waals surface area contributed by atoms with E-state index in [2.05, 4.69) is 42.7 Å². The second-order valence-corrected chi connectivity index (χ2v) is 24.2. The highest BCUT2D eigenvalue weighted by Crippen LogP contribution is 2.28. The van der Waals surface area contributed by atoms with Crippen LogP contribution >= 0.6 is 0 Å². The summed E-state index contributed by atoms with van der Waals surface area (Å²) in [4.78, 5) is 115. The van der Waals surface area contributed by atoms with Crippen molar-refractivity contribution in [3.8, 4) is 5.75 Å². The Morgan fingerprint density at radius 3 is 1.49 bits per heavy atom. The number of hydroxylamine groups is 1. The Bertz CT molecular complexity index is 2210. The molecule has 1 aromatic carbocycles. The highest BCUT2D eigenvalue weighted by Gasteiger charge is 2.27. The zero-order valence-electron chi connectivity index (χ0n) is 56.1. The lowest BCUT2D eigenvalue weighted by Crippen LogP contribution is -2.51. The van der Waals surface area contributed by atoms with Crippen LogP contribution in [0.2, 0.25) is 0 Å². The van der Waals surface area contributed by atoms with Gasteiger partial charge in [-0.15, -0.1) is 0 Å². The minimum absolute atomic E-state index is 0. The zero-order valence-corrected chi connectivity index (χ0v) is 56.1. The number of ether oxygens (including phenoxy) is 4. The topological polar surface area (TPSA) is 440 Å². The van der Waals surface area contributed by atoms with Crippen LogP contribution in [0.15, 0.2) is 24.3 Å². The number of carbonyl (C=O) groups is 9. The number of carboxylic acid groups (broad SMARTS) is 2. The Labute approximate surface area is 556 Å². The fourth-order valence-corrected chi connectivity index (χ4v) is 10.7. The van der Waals surface area contributed by atoms with Crippen LogP contribution in [0.3, 0.4) is 0 Å². The maximum Gasteiger partial charge on any atom is 0.320 e. The van der Waals surface area contributed by atoms with E-state index in [0.29, 0.717) is 56.2 Å². The second kappa shape index (κ2) is 57.5. The summed E-state index contributed by atoms with van der Waals surface area (Å²) in [5.74, 6) is -3.80. The SMILES string of the molecule is CN[C@@H](CCCCNC(=O)COCCOCCNC(=O)COCCOCCNC(=O)CC[C@@H](NCC1CCC(CNOCCCCCCCCCCCCCCCCCCC(=O)O)CC1)C(=O)O)C(=O)CN[C@@H](CC(N)=O)C(=O)CN[C@H](Cc1ccc(O)cc1)C(N)=O.O. The molecular formula is C66H118N10O18. The molecule has 1 saturated carbocycles. The van der Waals surface area contributed by atoms with Gasteiger partial charge in [0.25, 0.3) is 0 Å². The number of likely N-dealkylation sites (N-methyl/N-ethyl adjacent to an activating group) is 1. The van der Waals surface area contributed by atoms with E-state index in [4.69, 9.17) is 40.4 Å². The number of rotatable bonds is 64. The maximum absolute atomic E-state index is 13.1. The zero-order chi connectivity index (χ0) is 67.9. The van der Waals surface area contributed by atoms with Crippen LogP contribution in [-0.4, -0.2) is 210 Å². The highest BCUT2D eigenvalue weighted by molar-refractivity contribution is 5.92. The van der Waals surface area contributed by atoms with Crippen molar-refractivity contribution in [2.45, 2.75) is 204 Å². The molecule has 5 amide bonds. The minimum Gasteiger partial charge on any atom is -0.508 e. The lowest BCUT2D eigenvalue weighted by Gasteiger charge is -2.29. The number of nitrogens with two attached hydrogens (primary N) is 2. The number of phenols is 1. The van der Waals surface area contributed by atoms with Crippen LogP contribution in [0, 0.1) is 11.8 Å². The second-order valence-electron chi connectivity index (χ2n) is 24.2. The van der Waals surface area contributed by atoms with Gasteiger partial charge in [0.15, 0.2) is 11.6 Å². The standard InChI is InChI=1S/C66H116N10O17.H2O/c1-69-54(58(78)46-74-56(43-60(67)80)59(79)47-75-57(65(68)86)42-50-26-28-53(77)29-27-50)20-17-18-32-70-62(82)48-91-40-39-90-37-34-72-63(83)49-92-41-38-89-36-33-71-61(81)31-30-55(66(87)88)73-44-51-22-24-52(25-23-51)45-76-93-35-19-15-13-11-9-7-5-3-2-4-6-8-10-12-14-16-21-64(84)85;/h26-29,51-52,54-57,69,73-77H,2-25,30-49H2,1H3,(H2,67,80)(H2,68,86)(H,70,82)(H,71,81)(H,72,83)(H,84,85)(H,87,88);1H2/t51?,52?,54-,55+,56-,57+;/m0./s1. The number of aliphatic carboxylic acids is 2. The molecule has 0 bridgehead atoms. The van der Waals surface area contributed by atoms with Crippen molar-refractivity contribution < 1.29 is 87.7 Å². The summed E-state index contributed by atoms with van der Waals surface area (Å²) in [6.07, 6.45) is 25.6. The van der Waals surface area contributed by atoms with Gasteiger partial charge in [0.05, 0.1) is 77.5 Å². The molecule has 0 radical (unpaired) electrons. The molecule has 0 aliphatic heterocycles. The van der Waals surface area contributed by atoms with E-state index in [1.54, 1.807) is 19.2 Å². The summed E-state index contributed by atoms with van der Waals surface area (Å²) < 4.78 is 21.6. The van der Waals surface area contributed by atoms with Gasteiger partial charge in [0, 0.05) is 45.4 Å². The van der Waals surface area contributed by atoms with Gasteiger partial charge in [-0.05, 0) is 114 Å². The predicted molar refractivity (Wildman–Crippen MR) is 355 cm³/mol. The molecule has 1 aliphatic rings. The molecule has 540 valence electrons. The Hall–Kier alpha value is -5.79. The number of hydrogen-bond acceptors (Lipinski definition) is 20. The summed E-state index contributed by atoms with van der Waals surface area (Å²) >= 11 is 0. The van der Waals surface area contributed by atoms with Gasteiger partial charge in [0.2, 0.25) is 29.5 Å². The first-order valence-corrected chi connectivity index (χ1v) is 34.2. The van der Waals surface area contributed by atoms with Crippen molar-refractivity contribution >= 4 is 53.0 Å². The van der Waals surface area contributed by atoms with Crippen molar-refractivity contribution in [3.05, 3.63) is 29.8 Å². The van der Waals surface area contributed by atoms with Crippen LogP contribution in [0.1, 0.15) is 179 Å². The molecule has 94 heavy (non-hydrogen) atoms. The number of primary amides is 2. The fourth-order valence-electron chi connectivity index (χ4n) is 10.7. The lowest BCUT2D eigenvalue weighted by atomic mass is 9.82. The summed E-state index contributed by atoms with van der Waals surface area (Å²) in [7, 11) is 1.63. The monoisotopic (exact) mass is 1340 g/mol. The molecule has 1 aromatic rings. The van der Waals surface area contributed by atoms with Gasteiger partial charge in [-0.2, -0.15) is 0 Å². The van der Waals surface area contributed by atoms with E-state index in [1.165, 1.54) is 89.2 Å². The van der Waals surface area contributed by atoms with E-state index >= 15 is 0 Å². The van der Waals surface area contributed by atoms with Crippen molar-refractivity contribution in [2.24, 2.45) is 23.3 Å². The first-order chi connectivity index (χ1) is 45.0. The number of amides is 5. The molecule has 0 saturated heterocycles. The average Bonchev–Trinajstić information content (AvgIpc) is 1.82. The molecule has 17 N–H and O–H groups in total. The molecule has 28 nitrogen and oxygen atoms in total. The minimum atomic E-state index is -1.09. The molecular weight excluding hydrogens is 1220 g/mol. The molecule has 0 spiro atoms. The number of carboxylic acids is 2. The van der Waals surface area contributed by atoms with Crippen LogP contribution in [0.25, 0.3) is 0 Å². The average molecular weight is 1340 g/mol. The van der Waals surface area contributed by atoms with E-state index < -0.39 is 53.7 Å². The Balaban J connectivity index is 0.0000442. The number of carbonyl (C=O) groups excluding carboxylic acids is 7. The summed E-state index contributed by atoms with van der Waals surface area (Å²) in [5.41, 5.74) is 14.8. The molecule has 1 aliphatic carbocycles. The summed E-state index contributed by atoms with van der Waals surface area (Å²) in [6, 6.07) is 2.78. The molecule has 4 atom stereocenters. The van der Waals surface area contributed by atoms with Crippen molar-refractivity contribution in [3.63, 3.8) is 0 Å². The number of ketones is 2. The number of aromatic hydroxyl groups is 1. The lowest BCUT2D eigenvalue weighted by molar-refractivity contribution is -0.140. The molecule has 0 aromatic heterocycles. The van der Waals surface area contributed by atoms with Gasteiger partial charge in [-0.25, -0.2) is 5.48 Å². The van der Waals surface area contributed by atoms with Crippen LogP contribution in [-0.2, 0) is 73.4 Å². The number of nitrogens with one attached hydrogen (secondary N) is 8. The third-order valence-corrected chi connectivity index (χ3v) is 16.3. The Morgan fingerprint density at radius 2 is 0.979 bits per heavy atom. The Morgan fingerprint density at radius 1 is 0.500 bits per heavy atom. The highest BCUT2D eigenvalue weighted by atomic mass is 16.6. The molecule has 0 unspecified atom stereocenters. The first-order valence-electron chi connectivity index (χ1n) is 34.2. The van der Waals surface area contributed by atoms with Crippen molar-refractivity contribution in [1.29, 1.82) is 0 Å². The number of Topliss-reactive ketones (excluding diaryl/α,β-unsaturated/α-hetero) is 2. The van der Waals surface area contributed by atoms with Gasteiger partial charge in [0.1, 0.15) is 25.0 Å². The number of unbranched alkanes of at least 4 members (excludes halogenated alkanes) is 16. The summed E-state index contributed by atoms with van der Waals surface area (Å²) in [5, 5.41) is 48.0. The van der Waals surface area contributed by atoms with Gasteiger partial charge in [-0.1, -0.05) is 102 Å². The fraction of sp³-hybridized carbons (Fsp3) is 0.773. The normalized spacial score (nSPS) is 15.0. The first kappa shape index (κ1) is 86.2. The molecule has 2 rings (SSSR count). The third-order valence-electron chi connectivity index (χ3n) is 16.3. The number of benzene rings is 1. The van der Waals surface area contributed by atoms with Gasteiger partial charge in [-0.3, -0.25) is 48.5 Å². The van der Waals surface area contributed by atoms with E-state index in [0.717, 1.165) is 64.5 Å². The summed E-state index contributed by atoms with van der Waals surface area (Å²) in [6.45, 7) is 3.22. The number of hydrogen-bond donors (Lipinski definition) is 13. The van der Waals surface area contributed by atoms with Gasteiger partial charge < -0.3 is 87.9 Å². The Kier molecular flexibility index (Phi) is 52.7. The number of phenolic OH excluding ortho intramolecular Hbond substituents is 1. The molecule has 0 heterocycles. The largest absolute Gasteiger partial charge is 0.508 e. The smallest absolute Gasteiger partial charge is 0.320 e. The van der Waals surface area contributed by atoms with Crippen LogP contribution in [0.4, 0.5) is 0 Å². The molecule has 1 fully saturated rings. The van der Waals surface area contributed by atoms with E-state index in [9.17, 15) is 53.4 Å². The van der Waals surface area contributed by atoms with Crippen molar-refractivity contribution in [1.82, 2.24) is 42.7 Å². The third kappa shape index (κ3) is 48.0. The predicted octanol–water partition coefficient (Wildman–Crippen LogP) is 2.57. The van der Waals surface area contributed by atoms with E-state index in [1.807, 2.05) is 0 Å². The van der Waals surface area contributed by atoms with Gasteiger partial charge >= 0.3 is 11.9 Å². The van der Waals surface area contributed by atoms with Crippen LogP contribution in [0.5, 0.6) is 5.75 Å².